The maximum atomic E-state index is 5.74. The first-order valence-corrected chi connectivity index (χ1v) is 6.03. The fourth-order valence-corrected chi connectivity index (χ4v) is 2.05. The predicted molar refractivity (Wildman–Crippen MR) is 68.2 cm³/mol. The van der Waals surface area contributed by atoms with Gasteiger partial charge < -0.3 is 9.73 Å². The van der Waals surface area contributed by atoms with Crippen LogP contribution in [0, 0.1) is 6.92 Å². The second kappa shape index (κ2) is 3.91. The van der Waals surface area contributed by atoms with Crippen LogP contribution in [-0.2, 0) is 0 Å². The molecular weight excluding hydrogens is 212 g/mol. The smallest absolute Gasteiger partial charge is 0.226 e. The molecule has 17 heavy (non-hydrogen) atoms. The van der Waals surface area contributed by atoms with Gasteiger partial charge in [0.2, 0.25) is 5.89 Å². The SMILES string of the molecule is CNc1ccc(-c2nc(C3CC3)c(C)o2)cc1. The van der Waals surface area contributed by atoms with Crippen LogP contribution in [-0.4, -0.2) is 12.0 Å². The Morgan fingerprint density at radius 2 is 1.94 bits per heavy atom. The van der Waals surface area contributed by atoms with Gasteiger partial charge in [0.15, 0.2) is 0 Å². The monoisotopic (exact) mass is 228 g/mol. The second-order valence-electron chi connectivity index (χ2n) is 4.56. The largest absolute Gasteiger partial charge is 0.441 e. The van der Waals surface area contributed by atoms with Crippen molar-refractivity contribution in [3.8, 4) is 11.5 Å². The van der Waals surface area contributed by atoms with Crippen LogP contribution in [0.15, 0.2) is 28.7 Å². The summed E-state index contributed by atoms with van der Waals surface area (Å²) >= 11 is 0. The van der Waals surface area contributed by atoms with Gasteiger partial charge in [0.05, 0.1) is 5.69 Å². The van der Waals surface area contributed by atoms with E-state index in [1.807, 2.05) is 38.2 Å². The lowest BCUT2D eigenvalue weighted by molar-refractivity contribution is 0.539. The number of hydrogen-bond donors (Lipinski definition) is 1. The fraction of sp³-hybridized carbons (Fsp3) is 0.357. The molecule has 1 aliphatic rings. The third-order valence-corrected chi connectivity index (χ3v) is 3.22. The molecule has 0 bridgehead atoms. The highest BCUT2D eigenvalue weighted by Gasteiger charge is 2.29. The van der Waals surface area contributed by atoms with Crippen molar-refractivity contribution < 1.29 is 4.42 Å². The normalized spacial score (nSPS) is 14.9. The van der Waals surface area contributed by atoms with Gasteiger partial charge >= 0.3 is 0 Å². The minimum atomic E-state index is 0.643. The van der Waals surface area contributed by atoms with Crippen molar-refractivity contribution in [3.63, 3.8) is 0 Å². The summed E-state index contributed by atoms with van der Waals surface area (Å²) in [7, 11) is 1.91. The Bertz CT molecular complexity index is 524. The Hall–Kier alpha value is -1.77. The summed E-state index contributed by atoms with van der Waals surface area (Å²) in [5.74, 6) is 2.36. The van der Waals surface area contributed by atoms with Crippen molar-refractivity contribution in [2.75, 3.05) is 12.4 Å². The molecule has 1 N–H and O–H groups in total. The van der Waals surface area contributed by atoms with E-state index in [9.17, 15) is 0 Å². The number of aryl methyl sites for hydroxylation is 1. The Morgan fingerprint density at radius 3 is 2.53 bits per heavy atom. The van der Waals surface area contributed by atoms with Crippen molar-refractivity contribution >= 4 is 5.69 Å². The van der Waals surface area contributed by atoms with E-state index in [2.05, 4.69) is 10.3 Å². The summed E-state index contributed by atoms with van der Waals surface area (Å²) in [5.41, 5.74) is 3.29. The molecule has 1 saturated carbocycles. The van der Waals surface area contributed by atoms with E-state index < -0.39 is 0 Å². The number of anilines is 1. The van der Waals surface area contributed by atoms with Crippen LogP contribution in [0.1, 0.15) is 30.2 Å². The molecule has 0 unspecified atom stereocenters. The summed E-state index contributed by atoms with van der Waals surface area (Å²) in [6.45, 7) is 2.01. The highest BCUT2D eigenvalue weighted by molar-refractivity contribution is 5.59. The minimum Gasteiger partial charge on any atom is -0.441 e. The van der Waals surface area contributed by atoms with Gasteiger partial charge in [-0.05, 0) is 44.0 Å². The Morgan fingerprint density at radius 1 is 1.24 bits per heavy atom. The van der Waals surface area contributed by atoms with E-state index in [0.717, 1.165) is 28.6 Å². The molecule has 0 amide bonds. The zero-order chi connectivity index (χ0) is 11.8. The van der Waals surface area contributed by atoms with E-state index in [0.29, 0.717) is 5.92 Å². The average Bonchev–Trinajstić information content (AvgIpc) is 3.13. The topological polar surface area (TPSA) is 38.1 Å². The van der Waals surface area contributed by atoms with Crippen LogP contribution in [0.25, 0.3) is 11.5 Å². The van der Waals surface area contributed by atoms with Gasteiger partial charge in [-0.2, -0.15) is 0 Å². The molecule has 3 rings (SSSR count). The van der Waals surface area contributed by atoms with Crippen molar-refractivity contribution in [1.82, 2.24) is 4.98 Å². The molecule has 0 atom stereocenters. The lowest BCUT2D eigenvalue weighted by Gasteiger charge is -1.99. The summed E-state index contributed by atoms with van der Waals surface area (Å²) < 4.78 is 5.74. The number of hydrogen-bond acceptors (Lipinski definition) is 3. The number of nitrogens with one attached hydrogen (secondary N) is 1. The molecule has 0 spiro atoms. The van der Waals surface area contributed by atoms with Gasteiger partial charge in [-0.25, -0.2) is 4.98 Å². The molecule has 1 fully saturated rings. The highest BCUT2D eigenvalue weighted by atomic mass is 16.4. The maximum absolute atomic E-state index is 5.74. The zero-order valence-electron chi connectivity index (χ0n) is 10.2. The molecule has 0 saturated heterocycles. The van der Waals surface area contributed by atoms with Crippen molar-refractivity contribution in [1.29, 1.82) is 0 Å². The molecule has 3 nitrogen and oxygen atoms in total. The van der Waals surface area contributed by atoms with Crippen LogP contribution >= 0.6 is 0 Å². The Labute approximate surface area is 101 Å². The molecule has 1 aliphatic carbocycles. The number of nitrogens with zero attached hydrogens (tertiary/aromatic N) is 1. The predicted octanol–water partition coefficient (Wildman–Crippen LogP) is 3.57. The van der Waals surface area contributed by atoms with Crippen LogP contribution in [0.3, 0.4) is 0 Å². The average molecular weight is 228 g/mol. The van der Waals surface area contributed by atoms with E-state index in [4.69, 9.17) is 4.42 Å². The number of rotatable bonds is 3. The van der Waals surface area contributed by atoms with E-state index in [-0.39, 0.29) is 0 Å². The lowest BCUT2D eigenvalue weighted by Crippen LogP contribution is -1.87. The highest BCUT2D eigenvalue weighted by Crippen LogP contribution is 2.42. The molecule has 0 radical (unpaired) electrons. The minimum absolute atomic E-state index is 0.643. The summed E-state index contributed by atoms with van der Waals surface area (Å²) in [4.78, 5) is 4.61. The summed E-state index contributed by atoms with van der Waals surface area (Å²) in [5, 5.41) is 3.10. The van der Waals surface area contributed by atoms with Gasteiger partial charge in [0.1, 0.15) is 5.76 Å². The molecule has 1 heterocycles. The van der Waals surface area contributed by atoms with Crippen molar-refractivity contribution in [2.24, 2.45) is 0 Å². The quantitative estimate of drug-likeness (QED) is 0.872. The first-order chi connectivity index (χ1) is 8.28. The number of benzene rings is 1. The summed E-state index contributed by atoms with van der Waals surface area (Å²) in [6.07, 6.45) is 2.51. The standard InChI is InChI=1S/C14H16N2O/c1-9-13(10-3-4-10)16-14(17-9)11-5-7-12(15-2)8-6-11/h5-8,10,15H,3-4H2,1-2H3. The van der Waals surface area contributed by atoms with E-state index in [1.54, 1.807) is 0 Å². The van der Waals surface area contributed by atoms with Gasteiger partial charge in [0, 0.05) is 24.2 Å². The third-order valence-electron chi connectivity index (χ3n) is 3.22. The van der Waals surface area contributed by atoms with Gasteiger partial charge in [-0.1, -0.05) is 0 Å². The molecule has 2 aromatic rings. The summed E-state index contributed by atoms with van der Waals surface area (Å²) in [6, 6.07) is 8.14. The van der Waals surface area contributed by atoms with Gasteiger partial charge in [0.25, 0.3) is 0 Å². The second-order valence-corrected chi connectivity index (χ2v) is 4.56. The fourth-order valence-electron chi connectivity index (χ4n) is 2.05. The van der Waals surface area contributed by atoms with Crippen molar-refractivity contribution in [2.45, 2.75) is 25.7 Å². The zero-order valence-corrected chi connectivity index (χ0v) is 10.2. The molecule has 1 aromatic carbocycles. The first-order valence-electron chi connectivity index (χ1n) is 6.03. The van der Waals surface area contributed by atoms with Crippen LogP contribution < -0.4 is 5.32 Å². The van der Waals surface area contributed by atoms with Crippen LogP contribution in [0.5, 0.6) is 0 Å². The van der Waals surface area contributed by atoms with Gasteiger partial charge in [-0.15, -0.1) is 0 Å². The molecule has 1 aromatic heterocycles. The molecule has 0 aliphatic heterocycles. The first kappa shape index (κ1) is 10.4. The molecular formula is C14H16N2O. The number of aromatic nitrogens is 1. The lowest BCUT2D eigenvalue weighted by atomic mass is 10.2. The van der Waals surface area contributed by atoms with Crippen LogP contribution in [0.4, 0.5) is 5.69 Å². The number of oxazole rings is 1. The van der Waals surface area contributed by atoms with Gasteiger partial charge in [-0.3, -0.25) is 0 Å². The van der Waals surface area contributed by atoms with Crippen LogP contribution in [0.2, 0.25) is 0 Å². The Kier molecular flexibility index (Phi) is 2.39. The third kappa shape index (κ3) is 1.93. The van der Waals surface area contributed by atoms with E-state index in [1.165, 1.54) is 12.8 Å². The van der Waals surface area contributed by atoms with Crippen molar-refractivity contribution in [3.05, 3.63) is 35.7 Å². The Balaban J connectivity index is 1.94. The maximum Gasteiger partial charge on any atom is 0.226 e. The molecule has 88 valence electrons. The molecule has 3 heteroatoms. The van der Waals surface area contributed by atoms with E-state index >= 15 is 0 Å².